The largest absolute Gasteiger partial charge is 0.325 e. The molecule has 17 heavy (non-hydrogen) atoms. The molecular weight excluding hydrogens is 210 g/mol. The number of hydrogen-bond acceptors (Lipinski definition) is 2. The second-order valence-corrected chi connectivity index (χ2v) is 4.58. The first-order chi connectivity index (χ1) is 8.20. The second-order valence-electron chi connectivity index (χ2n) is 4.58. The van der Waals surface area contributed by atoms with E-state index in [0.29, 0.717) is 12.5 Å². The van der Waals surface area contributed by atoms with Crippen molar-refractivity contribution in [1.82, 2.24) is 9.78 Å². The van der Waals surface area contributed by atoms with Gasteiger partial charge in [-0.1, -0.05) is 38.1 Å². The van der Waals surface area contributed by atoms with E-state index in [2.05, 4.69) is 43.2 Å². The molecule has 2 aromatic rings. The van der Waals surface area contributed by atoms with Crippen molar-refractivity contribution in [3.05, 3.63) is 53.3 Å². The molecule has 3 nitrogen and oxygen atoms in total. The first kappa shape index (κ1) is 11.9. The fourth-order valence-corrected chi connectivity index (χ4v) is 1.86. The number of nitrogens with two attached hydrogens (primary N) is 1. The molecule has 3 heteroatoms. The summed E-state index contributed by atoms with van der Waals surface area (Å²) in [6, 6.07) is 10.7. The van der Waals surface area contributed by atoms with Crippen LogP contribution in [0, 0.1) is 0 Å². The second kappa shape index (κ2) is 5.15. The third-order valence-electron chi connectivity index (χ3n) is 2.99. The molecule has 0 saturated carbocycles. The molecule has 1 aromatic heterocycles. The van der Waals surface area contributed by atoms with Gasteiger partial charge in [-0.25, -0.2) is 0 Å². The van der Waals surface area contributed by atoms with Crippen LogP contribution in [0.3, 0.4) is 0 Å². The highest BCUT2D eigenvalue weighted by Crippen LogP contribution is 2.15. The highest BCUT2D eigenvalue weighted by atomic mass is 15.3. The third kappa shape index (κ3) is 2.74. The highest BCUT2D eigenvalue weighted by Gasteiger charge is 2.02. The Bertz CT molecular complexity index is 468. The third-order valence-corrected chi connectivity index (χ3v) is 2.99. The quantitative estimate of drug-likeness (QED) is 0.875. The van der Waals surface area contributed by atoms with Crippen LogP contribution in [0.15, 0.2) is 36.5 Å². The van der Waals surface area contributed by atoms with Crippen molar-refractivity contribution in [3.63, 3.8) is 0 Å². The molecule has 0 saturated heterocycles. The fraction of sp³-hybridized carbons (Fsp3) is 0.357. The maximum atomic E-state index is 5.65. The summed E-state index contributed by atoms with van der Waals surface area (Å²) in [6.45, 7) is 5.73. The minimum absolute atomic E-state index is 0.532. The molecule has 1 aromatic carbocycles. The minimum Gasteiger partial charge on any atom is -0.325 e. The van der Waals surface area contributed by atoms with E-state index >= 15 is 0 Å². The zero-order valence-electron chi connectivity index (χ0n) is 10.4. The molecule has 2 N–H and O–H groups in total. The Kier molecular flexibility index (Phi) is 3.59. The van der Waals surface area contributed by atoms with E-state index in [1.807, 2.05) is 10.7 Å². The van der Waals surface area contributed by atoms with E-state index in [1.54, 1.807) is 6.20 Å². The van der Waals surface area contributed by atoms with E-state index in [1.165, 1.54) is 11.1 Å². The summed E-state index contributed by atoms with van der Waals surface area (Å²) < 4.78 is 1.95. The maximum Gasteiger partial charge on any atom is 0.0663 e. The average molecular weight is 229 g/mol. The SMILES string of the molecule is CC(C)c1ccc(Cn2nccc2CN)cc1. The molecule has 0 aliphatic rings. The van der Waals surface area contributed by atoms with E-state index in [9.17, 15) is 0 Å². The van der Waals surface area contributed by atoms with Crippen LogP contribution in [0.1, 0.15) is 36.6 Å². The number of aromatic nitrogens is 2. The summed E-state index contributed by atoms with van der Waals surface area (Å²) in [4.78, 5) is 0. The van der Waals surface area contributed by atoms with Crippen molar-refractivity contribution in [3.8, 4) is 0 Å². The number of nitrogens with zero attached hydrogens (tertiary/aromatic N) is 2. The lowest BCUT2D eigenvalue weighted by atomic mass is 10.0. The summed E-state index contributed by atoms with van der Waals surface area (Å²) in [5, 5.41) is 4.28. The van der Waals surface area contributed by atoms with Crippen molar-refractivity contribution in [2.24, 2.45) is 5.73 Å². The van der Waals surface area contributed by atoms with E-state index in [-0.39, 0.29) is 0 Å². The van der Waals surface area contributed by atoms with Gasteiger partial charge in [-0.2, -0.15) is 5.10 Å². The van der Waals surface area contributed by atoms with E-state index in [4.69, 9.17) is 5.73 Å². The molecule has 0 fully saturated rings. The zero-order valence-corrected chi connectivity index (χ0v) is 10.4. The standard InChI is InChI=1S/C14H19N3/c1-11(2)13-5-3-12(4-6-13)10-17-14(9-15)7-8-16-17/h3-8,11H,9-10,15H2,1-2H3. The van der Waals surface area contributed by atoms with Crippen molar-refractivity contribution in [2.75, 3.05) is 0 Å². The fourth-order valence-electron chi connectivity index (χ4n) is 1.86. The van der Waals surface area contributed by atoms with Crippen LogP contribution in [-0.2, 0) is 13.1 Å². The average Bonchev–Trinajstić information content (AvgIpc) is 2.77. The lowest BCUT2D eigenvalue weighted by Gasteiger charge is -2.08. The predicted octanol–water partition coefficient (Wildman–Crippen LogP) is 2.51. The number of benzene rings is 1. The van der Waals surface area contributed by atoms with E-state index < -0.39 is 0 Å². The summed E-state index contributed by atoms with van der Waals surface area (Å²) in [7, 11) is 0. The van der Waals surface area contributed by atoms with Gasteiger partial charge in [0.15, 0.2) is 0 Å². The summed E-state index contributed by atoms with van der Waals surface area (Å²) in [5.41, 5.74) is 9.35. The predicted molar refractivity (Wildman–Crippen MR) is 69.8 cm³/mol. The molecule has 0 spiro atoms. The molecule has 0 radical (unpaired) electrons. The first-order valence-corrected chi connectivity index (χ1v) is 6.00. The molecule has 0 amide bonds. The molecule has 0 atom stereocenters. The lowest BCUT2D eigenvalue weighted by Crippen LogP contribution is -2.09. The molecule has 90 valence electrons. The van der Waals surface area contributed by atoms with Crippen molar-refractivity contribution < 1.29 is 0 Å². The number of rotatable bonds is 4. The normalized spacial score (nSPS) is 11.1. The summed E-state index contributed by atoms with van der Waals surface area (Å²) in [6.07, 6.45) is 1.80. The van der Waals surface area contributed by atoms with Crippen LogP contribution in [0.5, 0.6) is 0 Å². The maximum absolute atomic E-state index is 5.65. The van der Waals surface area contributed by atoms with Gasteiger partial charge in [-0.15, -0.1) is 0 Å². The first-order valence-electron chi connectivity index (χ1n) is 6.00. The van der Waals surface area contributed by atoms with Gasteiger partial charge in [0.05, 0.1) is 12.2 Å². The van der Waals surface area contributed by atoms with Gasteiger partial charge in [0, 0.05) is 12.7 Å². The smallest absolute Gasteiger partial charge is 0.0663 e. The molecule has 0 aliphatic carbocycles. The van der Waals surface area contributed by atoms with Gasteiger partial charge in [0.2, 0.25) is 0 Å². The van der Waals surface area contributed by atoms with Crippen LogP contribution in [0.4, 0.5) is 0 Å². The van der Waals surface area contributed by atoms with Crippen LogP contribution < -0.4 is 5.73 Å². The molecular formula is C14H19N3. The summed E-state index contributed by atoms with van der Waals surface area (Å²) >= 11 is 0. The molecule has 0 bridgehead atoms. The van der Waals surface area contributed by atoms with Gasteiger partial charge in [0.25, 0.3) is 0 Å². The van der Waals surface area contributed by atoms with Gasteiger partial charge in [0.1, 0.15) is 0 Å². The van der Waals surface area contributed by atoms with Crippen molar-refractivity contribution >= 4 is 0 Å². The van der Waals surface area contributed by atoms with Crippen LogP contribution in [-0.4, -0.2) is 9.78 Å². The van der Waals surface area contributed by atoms with Crippen LogP contribution in [0.25, 0.3) is 0 Å². The Morgan fingerprint density at radius 3 is 2.47 bits per heavy atom. The minimum atomic E-state index is 0.532. The van der Waals surface area contributed by atoms with Crippen LogP contribution >= 0.6 is 0 Å². The lowest BCUT2D eigenvalue weighted by molar-refractivity contribution is 0.645. The molecule has 2 rings (SSSR count). The van der Waals surface area contributed by atoms with Crippen molar-refractivity contribution in [2.45, 2.75) is 32.9 Å². The van der Waals surface area contributed by atoms with Gasteiger partial charge in [-0.3, -0.25) is 4.68 Å². The van der Waals surface area contributed by atoms with Crippen LogP contribution in [0.2, 0.25) is 0 Å². The molecule has 1 heterocycles. The number of hydrogen-bond donors (Lipinski definition) is 1. The monoisotopic (exact) mass is 229 g/mol. The van der Waals surface area contributed by atoms with E-state index in [0.717, 1.165) is 12.2 Å². The topological polar surface area (TPSA) is 43.8 Å². The Hall–Kier alpha value is -1.61. The van der Waals surface area contributed by atoms with Gasteiger partial charge < -0.3 is 5.73 Å². The molecule has 0 aliphatic heterocycles. The Morgan fingerprint density at radius 2 is 1.88 bits per heavy atom. The Morgan fingerprint density at radius 1 is 1.18 bits per heavy atom. The van der Waals surface area contributed by atoms with Crippen molar-refractivity contribution in [1.29, 1.82) is 0 Å². The highest BCUT2D eigenvalue weighted by molar-refractivity contribution is 5.25. The van der Waals surface area contributed by atoms with Gasteiger partial charge >= 0.3 is 0 Å². The zero-order chi connectivity index (χ0) is 12.3. The Labute approximate surface area is 102 Å². The molecule has 0 unspecified atom stereocenters. The Balaban J connectivity index is 2.14. The van der Waals surface area contributed by atoms with Gasteiger partial charge in [-0.05, 0) is 23.1 Å². The summed E-state index contributed by atoms with van der Waals surface area (Å²) in [5.74, 6) is 0.577.